The van der Waals surface area contributed by atoms with Crippen molar-refractivity contribution in [3.63, 3.8) is 0 Å². The van der Waals surface area contributed by atoms with Gasteiger partial charge >= 0.3 is 0 Å². The Morgan fingerprint density at radius 1 is 1.50 bits per heavy atom. The van der Waals surface area contributed by atoms with Crippen molar-refractivity contribution in [2.24, 2.45) is 0 Å². The highest BCUT2D eigenvalue weighted by Gasteiger charge is 1.88. The lowest BCUT2D eigenvalue weighted by Crippen LogP contribution is -1.85. The number of halogens is 1. The van der Waals surface area contributed by atoms with Gasteiger partial charge in [0.05, 0.1) is 0 Å². The van der Waals surface area contributed by atoms with Crippen molar-refractivity contribution < 1.29 is 0 Å². The molecule has 0 aliphatic heterocycles. The molecule has 10 heavy (non-hydrogen) atoms. The van der Waals surface area contributed by atoms with E-state index < -0.39 is 0 Å². The Morgan fingerprint density at radius 3 is 2.90 bits per heavy atom. The average molecular weight is 197 g/mol. The quantitative estimate of drug-likeness (QED) is 0.553. The first-order valence-electron chi connectivity index (χ1n) is 2.73. The second kappa shape index (κ2) is 3.23. The minimum absolute atomic E-state index is 0.803. The molecule has 0 spiro atoms. The van der Waals surface area contributed by atoms with Crippen LogP contribution in [0.15, 0.2) is 28.7 Å². The fraction of sp³-hybridized carbons (Fsp3) is 0. The number of nitrogens with one attached hydrogen (secondary N) is 1. The fourth-order valence-corrected chi connectivity index (χ4v) is 1.03. The van der Waals surface area contributed by atoms with Crippen LogP contribution >= 0.6 is 15.9 Å². The summed E-state index contributed by atoms with van der Waals surface area (Å²) in [5.74, 6) is 0. The maximum Gasteiger partial charge on any atom is 0.181 e. The van der Waals surface area contributed by atoms with Crippen LogP contribution in [0, 0.1) is 11.5 Å². The summed E-state index contributed by atoms with van der Waals surface area (Å²) >= 11 is 3.28. The molecule has 3 heteroatoms. The van der Waals surface area contributed by atoms with E-state index in [1.807, 2.05) is 30.5 Å². The zero-order valence-electron chi connectivity index (χ0n) is 5.13. The summed E-state index contributed by atoms with van der Waals surface area (Å²) in [5, 5.41) is 10.8. The molecule has 0 aliphatic carbocycles. The van der Waals surface area contributed by atoms with Gasteiger partial charge in [-0.3, -0.25) is 5.32 Å². The number of benzene rings is 1. The first kappa shape index (κ1) is 7.10. The van der Waals surface area contributed by atoms with E-state index in [1.165, 1.54) is 0 Å². The van der Waals surface area contributed by atoms with Gasteiger partial charge in [-0.2, -0.15) is 5.26 Å². The smallest absolute Gasteiger partial charge is 0.181 e. The van der Waals surface area contributed by atoms with Gasteiger partial charge in [0.25, 0.3) is 0 Å². The molecule has 0 aliphatic rings. The number of nitrogens with zero attached hydrogens (tertiary/aromatic N) is 1. The second-order valence-electron chi connectivity index (χ2n) is 1.75. The summed E-state index contributed by atoms with van der Waals surface area (Å²) in [6.45, 7) is 0. The maximum atomic E-state index is 8.23. The maximum absolute atomic E-state index is 8.23. The zero-order chi connectivity index (χ0) is 7.40. The van der Waals surface area contributed by atoms with Gasteiger partial charge in [0, 0.05) is 10.2 Å². The largest absolute Gasteiger partial charge is 0.293 e. The second-order valence-corrected chi connectivity index (χ2v) is 2.66. The number of hydrogen-bond acceptors (Lipinski definition) is 2. The molecule has 0 aromatic heterocycles. The van der Waals surface area contributed by atoms with Crippen LogP contribution in [-0.2, 0) is 0 Å². The molecule has 0 amide bonds. The van der Waals surface area contributed by atoms with Gasteiger partial charge in [0.15, 0.2) is 6.19 Å². The lowest BCUT2D eigenvalue weighted by atomic mass is 10.3. The molecule has 0 unspecified atom stereocenters. The molecule has 0 bridgehead atoms. The van der Waals surface area contributed by atoms with Gasteiger partial charge in [0.2, 0.25) is 0 Å². The lowest BCUT2D eigenvalue weighted by Gasteiger charge is -1.95. The van der Waals surface area contributed by atoms with Gasteiger partial charge in [-0.05, 0) is 18.2 Å². The van der Waals surface area contributed by atoms with Crippen LogP contribution in [0.25, 0.3) is 0 Å². The Morgan fingerprint density at radius 2 is 2.30 bits per heavy atom. The predicted molar refractivity (Wildman–Crippen MR) is 43.4 cm³/mol. The van der Waals surface area contributed by atoms with E-state index in [0.29, 0.717) is 0 Å². The molecular weight excluding hydrogens is 192 g/mol. The standard InChI is InChI=1S/C7H5BrN2/c8-6-2-1-3-7(4-6)10-5-9/h1-4,10H. The van der Waals surface area contributed by atoms with Crippen molar-refractivity contribution in [2.75, 3.05) is 5.32 Å². The Bertz CT molecular complexity index is 265. The summed E-state index contributed by atoms with van der Waals surface area (Å²) in [7, 11) is 0. The van der Waals surface area contributed by atoms with E-state index in [4.69, 9.17) is 5.26 Å². The van der Waals surface area contributed by atoms with Crippen molar-refractivity contribution in [3.05, 3.63) is 28.7 Å². The Labute approximate surface area is 67.6 Å². The molecule has 1 N–H and O–H groups in total. The molecule has 2 nitrogen and oxygen atoms in total. The van der Waals surface area contributed by atoms with Crippen LogP contribution < -0.4 is 5.32 Å². The number of nitriles is 1. The monoisotopic (exact) mass is 196 g/mol. The van der Waals surface area contributed by atoms with Gasteiger partial charge in [-0.1, -0.05) is 22.0 Å². The van der Waals surface area contributed by atoms with Crippen molar-refractivity contribution in [1.29, 1.82) is 5.26 Å². The van der Waals surface area contributed by atoms with Crippen LogP contribution in [0.1, 0.15) is 0 Å². The van der Waals surface area contributed by atoms with Crippen LogP contribution in [0.2, 0.25) is 0 Å². The topological polar surface area (TPSA) is 35.8 Å². The van der Waals surface area contributed by atoms with E-state index in [1.54, 1.807) is 0 Å². The van der Waals surface area contributed by atoms with Crippen LogP contribution in [0.3, 0.4) is 0 Å². The van der Waals surface area contributed by atoms with Crippen molar-refractivity contribution >= 4 is 21.6 Å². The van der Waals surface area contributed by atoms with Crippen molar-refractivity contribution in [1.82, 2.24) is 0 Å². The van der Waals surface area contributed by atoms with Crippen LogP contribution in [0.4, 0.5) is 5.69 Å². The Kier molecular flexibility index (Phi) is 2.30. The minimum Gasteiger partial charge on any atom is -0.293 e. The summed E-state index contributed by atoms with van der Waals surface area (Å²) in [4.78, 5) is 0. The first-order chi connectivity index (χ1) is 4.83. The molecule has 0 fully saturated rings. The molecule has 0 heterocycles. The first-order valence-corrected chi connectivity index (χ1v) is 3.53. The number of anilines is 1. The van der Waals surface area contributed by atoms with Crippen molar-refractivity contribution in [3.8, 4) is 6.19 Å². The van der Waals surface area contributed by atoms with E-state index in [2.05, 4.69) is 21.2 Å². The average Bonchev–Trinajstić information content (AvgIpc) is 1.88. The molecule has 0 radical (unpaired) electrons. The molecule has 50 valence electrons. The Hall–Kier alpha value is -1.01. The normalized spacial score (nSPS) is 8.40. The molecule has 0 saturated carbocycles. The fourth-order valence-electron chi connectivity index (χ4n) is 0.631. The highest BCUT2D eigenvalue weighted by Crippen LogP contribution is 2.14. The summed E-state index contributed by atoms with van der Waals surface area (Å²) in [6.07, 6.45) is 1.84. The number of hydrogen-bond donors (Lipinski definition) is 1. The van der Waals surface area contributed by atoms with Gasteiger partial charge in [-0.25, -0.2) is 0 Å². The highest BCUT2D eigenvalue weighted by atomic mass is 79.9. The summed E-state index contributed by atoms with van der Waals surface area (Å²) in [6, 6.07) is 7.43. The molecule has 0 atom stereocenters. The van der Waals surface area contributed by atoms with E-state index in [-0.39, 0.29) is 0 Å². The third-order valence-electron chi connectivity index (χ3n) is 1.02. The third kappa shape index (κ3) is 1.74. The third-order valence-corrected chi connectivity index (χ3v) is 1.52. The van der Waals surface area contributed by atoms with Gasteiger partial charge < -0.3 is 0 Å². The zero-order valence-corrected chi connectivity index (χ0v) is 6.72. The van der Waals surface area contributed by atoms with E-state index >= 15 is 0 Å². The van der Waals surface area contributed by atoms with Crippen LogP contribution in [0.5, 0.6) is 0 Å². The Balaban J connectivity index is 2.87. The number of rotatable bonds is 1. The van der Waals surface area contributed by atoms with Crippen molar-refractivity contribution in [2.45, 2.75) is 0 Å². The molecule has 1 rings (SSSR count). The SMILES string of the molecule is N#CNc1cccc(Br)c1. The van der Waals surface area contributed by atoms with E-state index in [0.717, 1.165) is 10.2 Å². The molecule has 1 aromatic carbocycles. The molecule has 0 saturated heterocycles. The molecule has 1 aromatic rings. The summed E-state index contributed by atoms with van der Waals surface area (Å²) < 4.78 is 0.966. The van der Waals surface area contributed by atoms with E-state index in [9.17, 15) is 0 Å². The summed E-state index contributed by atoms with van der Waals surface area (Å²) in [5.41, 5.74) is 0.803. The lowest BCUT2D eigenvalue weighted by molar-refractivity contribution is 1.47. The molecular formula is C7H5BrN2. The minimum atomic E-state index is 0.803. The van der Waals surface area contributed by atoms with Gasteiger partial charge in [-0.15, -0.1) is 0 Å². The van der Waals surface area contributed by atoms with Gasteiger partial charge in [0.1, 0.15) is 0 Å². The predicted octanol–water partition coefficient (Wildman–Crippen LogP) is 2.34. The van der Waals surface area contributed by atoms with Crippen LogP contribution in [-0.4, -0.2) is 0 Å². The highest BCUT2D eigenvalue weighted by molar-refractivity contribution is 9.10.